The topological polar surface area (TPSA) is 75.1 Å². The van der Waals surface area contributed by atoms with E-state index in [4.69, 9.17) is 5.73 Å². The summed E-state index contributed by atoms with van der Waals surface area (Å²) < 4.78 is 25.4. The molecule has 0 saturated carbocycles. The van der Waals surface area contributed by atoms with Crippen LogP contribution in [0.3, 0.4) is 0 Å². The normalized spacial score (nSPS) is 12.2. The molecule has 0 fully saturated rings. The van der Waals surface area contributed by atoms with Gasteiger partial charge in [0.1, 0.15) is 11.6 Å². The SMILES string of the molecule is NC(=N/N=C/c1ccc(F)cc1)N/N=C/c1ccc(F)cc1. The maximum Gasteiger partial charge on any atom is 0.234 e. The summed E-state index contributed by atoms with van der Waals surface area (Å²) in [5.74, 6) is -0.657. The average Bonchev–Trinajstić information content (AvgIpc) is 2.51. The van der Waals surface area contributed by atoms with E-state index < -0.39 is 0 Å². The second kappa shape index (κ2) is 7.63. The molecule has 0 unspecified atom stereocenters. The molecule has 0 amide bonds. The number of rotatable bonds is 4. The summed E-state index contributed by atoms with van der Waals surface area (Å²) >= 11 is 0. The van der Waals surface area contributed by atoms with Crippen molar-refractivity contribution in [1.29, 1.82) is 0 Å². The van der Waals surface area contributed by atoms with Gasteiger partial charge in [0, 0.05) is 0 Å². The van der Waals surface area contributed by atoms with Crippen LogP contribution in [0.5, 0.6) is 0 Å². The molecule has 0 saturated heterocycles. The molecule has 22 heavy (non-hydrogen) atoms. The Morgan fingerprint density at radius 2 is 1.36 bits per heavy atom. The fourth-order valence-corrected chi connectivity index (χ4v) is 1.45. The highest BCUT2D eigenvalue weighted by atomic mass is 19.1. The van der Waals surface area contributed by atoms with Gasteiger partial charge in [-0.1, -0.05) is 24.3 Å². The molecule has 2 rings (SSSR count). The maximum absolute atomic E-state index is 12.7. The quantitative estimate of drug-likeness (QED) is 0.516. The third kappa shape index (κ3) is 5.12. The minimum Gasteiger partial charge on any atom is -0.367 e. The van der Waals surface area contributed by atoms with Crippen molar-refractivity contribution >= 4 is 18.4 Å². The zero-order valence-electron chi connectivity index (χ0n) is 11.4. The van der Waals surface area contributed by atoms with Gasteiger partial charge in [-0.15, -0.1) is 5.10 Å². The Balaban J connectivity index is 1.87. The Morgan fingerprint density at radius 1 is 0.864 bits per heavy atom. The predicted molar refractivity (Wildman–Crippen MR) is 82.7 cm³/mol. The average molecular weight is 301 g/mol. The highest BCUT2D eigenvalue weighted by Crippen LogP contribution is 2.00. The van der Waals surface area contributed by atoms with E-state index in [1.807, 2.05) is 0 Å². The summed E-state index contributed by atoms with van der Waals surface area (Å²) in [4.78, 5) is 0. The molecule has 112 valence electrons. The summed E-state index contributed by atoms with van der Waals surface area (Å²) in [5.41, 5.74) is 9.41. The van der Waals surface area contributed by atoms with E-state index >= 15 is 0 Å². The van der Waals surface area contributed by atoms with Crippen molar-refractivity contribution in [3.05, 3.63) is 71.3 Å². The van der Waals surface area contributed by atoms with Crippen LogP contribution in [0.4, 0.5) is 8.78 Å². The Labute approximate surface area is 125 Å². The van der Waals surface area contributed by atoms with Crippen molar-refractivity contribution < 1.29 is 8.78 Å². The van der Waals surface area contributed by atoms with Gasteiger partial charge < -0.3 is 5.73 Å². The van der Waals surface area contributed by atoms with Gasteiger partial charge in [-0.2, -0.15) is 10.2 Å². The molecule has 0 aliphatic rings. The number of hydrogen-bond acceptors (Lipinski definition) is 3. The van der Waals surface area contributed by atoms with E-state index in [0.29, 0.717) is 11.1 Å². The van der Waals surface area contributed by atoms with Crippen molar-refractivity contribution in [2.45, 2.75) is 0 Å². The first-order valence-electron chi connectivity index (χ1n) is 6.30. The van der Waals surface area contributed by atoms with Gasteiger partial charge >= 0.3 is 0 Å². The number of hydrazone groups is 1. The number of guanidine groups is 1. The largest absolute Gasteiger partial charge is 0.367 e. The van der Waals surface area contributed by atoms with Crippen LogP contribution < -0.4 is 11.2 Å². The number of halogens is 2. The van der Waals surface area contributed by atoms with Crippen molar-refractivity contribution in [3.63, 3.8) is 0 Å². The third-order valence-corrected chi connectivity index (χ3v) is 2.51. The molecule has 5 nitrogen and oxygen atoms in total. The number of nitrogens with two attached hydrogens (primary N) is 1. The standard InChI is InChI=1S/C15H13F2N5/c16-13-5-1-11(2-6-13)9-19-21-15(18)22-20-10-12-3-7-14(17)8-4-12/h1-10H,(H3,18,21,22)/b19-9+,20-10+. The molecule has 0 spiro atoms. The molecule has 0 aromatic heterocycles. The van der Waals surface area contributed by atoms with Crippen molar-refractivity contribution in [1.82, 2.24) is 5.43 Å². The smallest absolute Gasteiger partial charge is 0.234 e. The van der Waals surface area contributed by atoms with Gasteiger partial charge in [-0.25, -0.2) is 14.2 Å². The molecule has 2 aromatic carbocycles. The highest BCUT2D eigenvalue weighted by Gasteiger charge is 1.91. The maximum atomic E-state index is 12.7. The van der Waals surface area contributed by atoms with Crippen LogP contribution in [0.25, 0.3) is 0 Å². The van der Waals surface area contributed by atoms with Gasteiger partial charge in [-0.05, 0) is 35.4 Å². The molecule has 0 atom stereocenters. The molecule has 3 N–H and O–H groups in total. The van der Waals surface area contributed by atoms with Gasteiger partial charge in [0.2, 0.25) is 5.96 Å². The van der Waals surface area contributed by atoms with Crippen LogP contribution in [0, 0.1) is 11.6 Å². The van der Waals surface area contributed by atoms with Crippen LogP contribution in [-0.2, 0) is 0 Å². The third-order valence-electron chi connectivity index (χ3n) is 2.51. The van der Waals surface area contributed by atoms with E-state index in [2.05, 4.69) is 20.7 Å². The molecular weight excluding hydrogens is 288 g/mol. The number of hydrogen-bond donors (Lipinski definition) is 2. The zero-order chi connectivity index (χ0) is 15.8. The zero-order valence-corrected chi connectivity index (χ0v) is 11.4. The lowest BCUT2D eigenvalue weighted by atomic mass is 10.2. The van der Waals surface area contributed by atoms with Crippen LogP contribution >= 0.6 is 0 Å². The van der Waals surface area contributed by atoms with Gasteiger partial charge in [0.25, 0.3) is 0 Å². The van der Waals surface area contributed by atoms with E-state index in [1.54, 1.807) is 24.3 Å². The number of nitrogens with zero attached hydrogens (tertiary/aromatic N) is 3. The first-order chi connectivity index (χ1) is 10.6. The van der Waals surface area contributed by atoms with Gasteiger partial charge in [0.05, 0.1) is 12.4 Å². The fraction of sp³-hybridized carbons (Fsp3) is 0. The molecule has 0 aliphatic heterocycles. The molecule has 7 heteroatoms. The van der Waals surface area contributed by atoms with Gasteiger partial charge in [0.15, 0.2) is 0 Å². The van der Waals surface area contributed by atoms with Crippen molar-refractivity contribution in [2.75, 3.05) is 0 Å². The monoisotopic (exact) mass is 301 g/mol. The van der Waals surface area contributed by atoms with Crippen molar-refractivity contribution in [2.24, 2.45) is 21.0 Å². The fourth-order valence-electron chi connectivity index (χ4n) is 1.45. The molecular formula is C15H13F2N5. The minimum absolute atomic E-state index is 0.0169. The minimum atomic E-state index is -0.322. The Hall–Kier alpha value is -3.09. The summed E-state index contributed by atoms with van der Waals surface area (Å²) in [7, 11) is 0. The number of benzene rings is 2. The van der Waals surface area contributed by atoms with Crippen LogP contribution in [0.2, 0.25) is 0 Å². The molecule has 2 aromatic rings. The first kappa shape index (κ1) is 15.3. The lowest BCUT2D eigenvalue weighted by molar-refractivity contribution is 0.627. The van der Waals surface area contributed by atoms with E-state index in [1.165, 1.54) is 36.7 Å². The summed E-state index contributed by atoms with van der Waals surface area (Å²) in [6.07, 6.45) is 2.89. The van der Waals surface area contributed by atoms with Crippen LogP contribution in [0.15, 0.2) is 63.8 Å². The predicted octanol–water partition coefficient (Wildman–Crippen LogP) is 2.24. The summed E-state index contributed by atoms with van der Waals surface area (Å²) in [6.45, 7) is 0. The Morgan fingerprint density at radius 3 is 1.91 bits per heavy atom. The number of nitrogens with one attached hydrogen (secondary N) is 1. The van der Waals surface area contributed by atoms with E-state index in [9.17, 15) is 8.78 Å². The molecule has 0 heterocycles. The second-order valence-electron chi connectivity index (χ2n) is 4.20. The summed E-state index contributed by atoms with van der Waals surface area (Å²) in [5, 5.41) is 11.2. The highest BCUT2D eigenvalue weighted by molar-refractivity contribution is 5.84. The second-order valence-corrected chi connectivity index (χ2v) is 4.20. The van der Waals surface area contributed by atoms with Crippen LogP contribution in [0.1, 0.15) is 11.1 Å². The van der Waals surface area contributed by atoms with E-state index in [0.717, 1.165) is 0 Å². The first-order valence-corrected chi connectivity index (χ1v) is 6.30. The van der Waals surface area contributed by atoms with E-state index in [-0.39, 0.29) is 17.6 Å². The Bertz CT molecular complexity index is 691. The molecule has 0 radical (unpaired) electrons. The summed E-state index contributed by atoms with van der Waals surface area (Å²) in [6, 6.07) is 11.5. The van der Waals surface area contributed by atoms with Crippen molar-refractivity contribution in [3.8, 4) is 0 Å². The Kier molecular flexibility index (Phi) is 5.31. The van der Waals surface area contributed by atoms with Gasteiger partial charge in [-0.3, -0.25) is 0 Å². The molecule has 0 aliphatic carbocycles. The molecule has 0 bridgehead atoms. The van der Waals surface area contributed by atoms with Crippen LogP contribution in [-0.4, -0.2) is 18.4 Å². The lowest BCUT2D eigenvalue weighted by Gasteiger charge is -1.96. The lowest BCUT2D eigenvalue weighted by Crippen LogP contribution is -2.26.